The third-order valence-corrected chi connectivity index (χ3v) is 3.23. The Bertz CT molecular complexity index is 374. The van der Waals surface area contributed by atoms with Gasteiger partial charge in [0, 0.05) is 6.42 Å². The molecular formula is C16H25NO3. The monoisotopic (exact) mass is 279 g/mol. The molecule has 20 heavy (non-hydrogen) atoms. The number of rotatable bonds is 11. The molecule has 0 spiro atoms. The SMILES string of the molecule is CCCCCC=CCC=CCCC(=O)C1OC1C(N)=O. The largest absolute Gasteiger partial charge is 0.367 e. The first kappa shape index (κ1) is 16.6. The van der Waals surface area contributed by atoms with Crippen LogP contribution in [0.1, 0.15) is 51.9 Å². The maximum absolute atomic E-state index is 11.6. The molecule has 1 fully saturated rings. The predicted octanol–water partition coefficient (Wildman–Crippen LogP) is 2.67. The van der Waals surface area contributed by atoms with Gasteiger partial charge in [-0.05, 0) is 25.7 Å². The normalized spacial score (nSPS) is 21.6. The zero-order valence-corrected chi connectivity index (χ0v) is 12.2. The van der Waals surface area contributed by atoms with Crippen molar-refractivity contribution >= 4 is 11.7 Å². The molecule has 2 unspecified atom stereocenters. The molecule has 1 aliphatic heterocycles. The van der Waals surface area contributed by atoms with E-state index in [1.807, 2.05) is 6.08 Å². The second-order valence-electron chi connectivity index (χ2n) is 5.06. The Labute approximate surface area is 121 Å². The minimum absolute atomic E-state index is 0.0337. The van der Waals surface area contributed by atoms with E-state index in [-0.39, 0.29) is 5.78 Å². The molecule has 1 saturated heterocycles. The van der Waals surface area contributed by atoms with Crippen LogP contribution in [0.3, 0.4) is 0 Å². The van der Waals surface area contributed by atoms with Crippen molar-refractivity contribution in [2.24, 2.45) is 5.73 Å². The van der Waals surface area contributed by atoms with Crippen molar-refractivity contribution in [3.8, 4) is 0 Å². The van der Waals surface area contributed by atoms with Gasteiger partial charge in [0.05, 0.1) is 0 Å². The summed E-state index contributed by atoms with van der Waals surface area (Å²) in [6.07, 6.45) is 14.1. The first-order chi connectivity index (χ1) is 9.66. The summed E-state index contributed by atoms with van der Waals surface area (Å²) in [7, 11) is 0. The van der Waals surface area contributed by atoms with Crippen LogP contribution in [0, 0.1) is 0 Å². The van der Waals surface area contributed by atoms with Crippen LogP contribution in [0.5, 0.6) is 0 Å². The maximum Gasteiger partial charge on any atom is 0.249 e. The van der Waals surface area contributed by atoms with Crippen molar-refractivity contribution in [2.45, 2.75) is 64.1 Å². The van der Waals surface area contributed by atoms with Crippen LogP contribution in [0.2, 0.25) is 0 Å². The highest BCUT2D eigenvalue weighted by atomic mass is 16.6. The number of amides is 1. The number of carbonyl (C=O) groups is 2. The number of Topliss-reactive ketones (excluding diaryl/α,β-unsaturated/α-hetero) is 1. The molecule has 0 aromatic rings. The fourth-order valence-corrected chi connectivity index (χ4v) is 1.96. The molecule has 2 N–H and O–H groups in total. The Morgan fingerprint density at radius 1 is 1.05 bits per heavy atom. The Morgan fingerprint density at radius 3 is 2.35 bits per heavy atom. The van der Waals surface area contributed by atoms with E-state index in [0.29, 0.717) is 12.8 Å². The standard InChI is InChI=1S/C16H25NO3/c1-2-3-4-5-6-7-8-9-10-11-12-13(18)14-15(20-14)16(17)19/h6-7,9-10,14-15H,2-5,8,11-12H2,1H3,(H2,17,19). The number of ether oxygens (including phenoxy) is 1. The van der Waals surface area contributed by atoms with Gasteiger partial charge in [-0.1, -0.05) is 44.1 Å². The molecule has 112 valence electrons. The van der Waals surface area contributed by atoms with Gasteiger partial charge in [0.25, 0.3) is 0 Å². The van der Waals surface area contributed by atoms with E-state index in [0.717, 1.165) is 12.8 Å². The molecule has 4 nitrogen and oxygen atoms in total. The quantitative estimate of drug-likeness (QED) is 0.359. The number of epoxide rings is 1. The molecule has 1 aliphatic rings. The highest BCUT2D eigenvalue weighted by Gasteiger charge is 2.48. The lowest BCUT2D eigenvalue weighted by Crippen LogP contribution is -2.22. The molecule has 4 heteroatoms. The maximum atomic E-state index is 11.6. The average Bonchev–Trinajstić information content (AvgIpc) is 3.21. The van der Waals surface area contributed by atoms with Crippen LogP contribution in [-0.2, 0) is 14.3 Å². The minimum atomic E-state index is -0.683. The highest BCUT2D eigenvalue weighted by Crippen LogP contribution is 2.24. The molecule has 0 aromatic heterocycles. The van der Waals surface area contributed by atoms with E-state index < -0.39 is 18.1 Å². The van der Waals surface area contributed by atoms with Crippen LogP contribution in [0.15, 0.2) is 24.3 Å². The highest BCUT2D eigenvalue weighted by molar-refractivity contribution is 5.95. The summed E-state index contributed by atoms with van der Waals surface area (Å²) in [5, 5.41) is 0. The lowest BCUT2D eigenvalue weighted by Gasteiger charge is -1.92. The van der Waals surface area contributed by atoms with Crippen molar-refractivity contribution in [1.29, 1.82) is 0 Å². The Hall–Kier alpha value is -1.42. The second kappa shape index (κ2) is 9.48. The van der Waals surface area contributed by atoms with Crippen LogP contribution >= 0.6 is 0 Å². The van der Waals surface area contributed by atoms with Crippen molar-refractivity contribution in [3.05, 3.63) is 24.3 Å². The van der Waals surface area contributed by atoms with Gasteiger partial charge in [-0.2, -0.15) is 0 Å². The predicted molar refractivity (Wildman–Crippen MR) is 79.1 cm³/mol. The zero-order chi connectivity index (χ0) is 14.8. The van der Waals surface area contributed by atoms with Crippen molar-refractivity contribution in [2.75, 3.05) is 0 Å². The van der Waals surface area contributed by atoms with E-state index in [4.69, 9.17) is 10.5 Å². The summed E-state index contributed by atoms with van der Waals surface area (Å²) < 4.78 is 4.92. The number of hydrogen-bond acceptors (Lipinski definition) is 3. The van der Waals surface area contributed by atoms with E-state index in [2.05, 4.69) is 25.2 Å². The van der Waals surface area contributed by atoms with Crippen LogP contribution in [-0.4, -0.2) is 23.9 Å². The molecule has 0 bridgehead atoms. The Kier molecular flexibility index (Phi) is 7.88. The van der Waals surface area contributed by atoms with Gasteiger partial charge >= 0.3 is 0 Å². The van der Waals surface area contributed by atoms with E-state index in [1.165, 1.54) is 19.3 Å². The summed E-state index contributed by atoms with van der Waals surface area (Å²) >= 11 is 0. The molecule has 1 amide bonds. The number of primary amides is 1. The molecule has 0 aromatic carbocycles. The first-order valence-electron chi connectivity index (χ1n) is 7.44. The van der Waals surface area contributed by atoms with Crippen LogP contribution in [0.4, 0.5) is 0 Å². The van der Waals surface area contributed by atoms with Gasteiger partial charge in [0.1, 0.15) is 0 Å². The topological polar surface area (TPSA) is 72.7 Å². The smallest absolute Gasteiger partial charge is 0.249 e. The van der Waals surface area contributed by atoms with E-state index in [9.17, 15) is 9.59 Å². The van der Waals surface area contributed by atoms with Crippen molar-refractivity contribution < 1.29 is 14.3 Å². The number of allylic oxidation sites excluding steroid dienone is 4. The van der Waals surface area contributed by atoms with Gasteiger partial charge in [-0.25, -0.2) is 0 Å². The Morgan fingerprint density at radius 2 is 1.75 bits per heavy atom. The number of hydrogen-bond donors (Lipinski definition) is 1. The fraction of sp³-hybridized carbons (Fsp3) is 0.625. The second-order valence-corrected chi connectivity index (χ2v) is 5.06. The number of ketones is 1. The fourth-order valence-electron chi connectivity index (χ4n) is 1.96. The van der Waals surface area contributed by atoms with Gasteiger partial charge < -0.3 is 10.5 Å². The van der Waals surface area contributed by atoms with E-state index in [1.54, 1.807) is 0 Å². The lowest BCUT2D eigenvalue weighted by molar-refractivity contribution is -0.121. The summed E-state index contributed by atoms with van der Waals surface area (Å²) in [6.45, 7) is 2.20. The summed E-state index contributed by atoms with van der Waals surface area (Å²) in [4.78, 5) is 22.3. The van der Waals surface area contributed by atoms with Gasteiger partial charge in [-0.3, -0.25) is 9.59 Å². The summed E-state index contributed by atoms with van der Waals surface area (Å²) in [5.74, 6) is -0.583. The molecular weight excluding hydrogens is 254 g/mol. The number of carbonyl (C=O) groups excluding carboxylic acids is 2. The molecule has 0 aliphatic carbocycles. The molecule has 1 rings (SSSR count). The molecule has 1 heterocycles. The van der Waals surface area contributed by atoms with Gasteiger partial charge in [0.2, 0.25) is 5.91 Å². The summed E-state index contributed by atoms with van der Waals surface area (Å²) in [6, 6.07) is 0. The first-order valence-corrected chi connectivity index (χ1v) is 7.44. The van der Waals surface area contributed by atoms with Crippen molar-refractivity contribution in [3.63, 3.8) is 0 Å². The third-order valence-electron chi connectivity index (χ3n) is 3.23. The van der Waals surface area contributed by atoms with Crippen LogP contribution in [0.25, 0.3) is 0 Å². The molecule has 0 saturated carbocycles. The van der Waals surface area contributed by atoms with Gasteiger partial charge in [-0.15, -0.1) is 0 Å². The summed E-state index contributed by atoms with van der Waals surface area (Å²) in [5.41, 5.74) is 5.04. The van der Waals surface area contributed by atoms with Crippen molar-refractivity contribution in [1.82, 2.24) is 0 Å². The lowest BCUT2D eigenvalue weighted by atomic mass is 10.1. The number of unbranched alkanes of at least 4 members (excludes halogenated alkanes) is 3. The molecule has 0 radical (unpaired) electrons. The Balaban J connectivity index is 2.00. The number of nitrogens with two attached hydrogens (primary N) is 1. The third kappa shape index (κ3) is 6.66. The average molecular weight is 279 g/mol. The minimum Gasteiger partial charge on any atom is -0.367 e. The van der Waals surface area contributed by atoms with Gasteiger partial charge in [0.15, 0.2) is 18.0 Å². The van der Waals surface area contributed by atoms with E-state index >= 15 is 0 Å². The molecule has 2 atom stereocenters. The van der Waals surface area contributed by atoms with Crippen LogP contribution < -0.4 is 5.73 Å². The zero-order valence-electron chi connectivity index (χ0n) is 12.2.